The zero-order valence-electron chi connectivity index (χ0n) is 12.7. The molecule has 0 spiro atoms. The Morgan fingerprint density at radius 2 is 1.90 bits per heavy atom. The largest absolute Gasteiger partial charge is 0.481 e. The van der Waals surface area contributed by atoms with E-state index in [0.29, 0.717) is 12.3 Å². The molecule has 21 heavy (non-hydrogen) atoms. The molecule has 1 unspecified atom stereocenters. The van der Waals surface area contributed by atoms with Crippen molar-refractivity contribution < 1.29 is 9.53 Å². The molecule has 1 amide bonds. The molecule has 2 N–H and O–H groups in total. The number of hydrogen-bond donors (Lipinski definition) is 1. The maximum Gasteiger partial charge on any atom is 0.260 e. The van der Waals surface area contributed by atoms with E-state index in [-0.39, 0.29) is 18.6 Å². The lowest BCUT2D eigenvalue weighted by atomic mass is 10.0. The van der Waals surface area contributed by atoms with E-state index in [1.807, 2.05) is 19.1 Å². The van der Waals surface area contributed by atoms with Crippen molar-refractivity contribution in [1.29, 1.82) is 0 Å². The molecule has 0 fully saturated rings. The van der Waals surface area contributed by atoms with Gasteiger partial charge in [-0.25, -0.2) is 0 Å². The fourth-order valence-corrected chi connectivity index (χ4v) is 3.25. The lowest BCUT2D eigenvalue weighted by molar-refractivity contribution is -0.131. The van der Waals surface area contributed by atoms with Crippen LogP contribution in [0, 0.1) is 0 Å². The maximum atomic E-state index is 11.8. The van der Waals surface area contributed by atoms with E-state index in [1.165, 1.54) is 0 Å². The highest BCUT2D eigenvalue weighted by Crippen LogP contribution is 2.35. The van der Waals surface area contributed by atoms with Gasteiger partial charge in [0.1, 0.15) is 5.75 Å². The topological polar surface area (TPSA) is 55.6 Å². The fourth-order valence-electron chi connectivity index (χ4n) is 1.74. The number of nitrogens with two attached hydrogens (primary N) is 1. The van der Waals surface area contributed by atoms with Crippen molar-refractivity contribution in [3.05, 3.63) is 26.6 Å². The van der Waals surface area contributed by atoms with Crippen molar-refractivity contribution in [3.8, 4) is 5.75 Å². The third-order valence-corrected chi connectivity index (χ3v) is 4.50. The Balaban J connectivity index is 2.78. The third-order valence-electron chi connectivity index (χ3n) is 3.32. The Kier molecular flexibility index (Phi) is 7.70. The molecule has 0 bridgehead atoms. The lowest BCUT2D eigenvalue weighted by Gasteiger charge is -2.17. The van der Waals surface area contributed by atoms with Crippen LogP contribution >= 0.6 is 31.9 Å². The van der Waals surface area contributed by atoms with Crippen LogP contribution in [0.3, 0.4) is 0 Å². The second-order valence-corrected chi connectivity index (χ2v) is 6.67. The number of hydrogen-bond acceptors (Lipinski definition) is 3. The summed E-state index contributed by atoms with van der Waals surface area (Å²) in [5.74, 6) is 0.593. The number of rotatable bonds is 7. The lowest BCUT2D eigenvalue weighted by Crippen LogP contribution is -2.31. The van der Waals surface area contributed by atoms with E-state index in [0.717, 1.165) is 27.4 Å². The summed E-state index contributed by atoms with van der Waals surface area (Å²) in [6.45, 7) is 4.69. The first kappa shape index (κ1) is 18.5. The molecule has 0 aromatic heterocycles. The zero-order valence-corrected chi connectivity index (χ0v) is 15.8. The summed E-state index contributed by atoms with van der Waals surface area (Å²) in [4.78, 5) is 13.4. The molecule has 0 saturated heterocycles. The van der Waals surface area contributed by atoms with Gasteiger partial charge in [-0.15, -0.1) is 0 Å². The minimum absolute atomic E-state index is 0.0232. The van der Waals surface area contributed by atoms with Gasteiger partial charge in [0.15, 0.2) is 6.61 Å². The number of halogens is 2. The van der Waals surface area contributed by atoms with Gasteiger partial charge in [-0.2, -0.15) is 0 Å². The fraction of sp³-hybridized carbons (Fsp3) is 0.533. The van der Waals surface area contributed by atoms with Crippen LogP contribution in [0.2, 0.25) is 0 Å². The molecule has 0 radical (unpaired) electrons. The van der Waals surface area contributed by atoms with Crippen LogP contribution in [0.5, 0.6) is 5.75 Å². The van der Waals surface area contributed by atoms with Gasteiger partial charge in [-0.05, 0) is 69.3 Å². The monoisotopic (exact) mass is 420 g/mol. The average Bonchev–Trinajstić information content (AvgIpc) is 2.44. The summed E-state index contributed by atoms with van der Waals surface area (Å²) in [7, 11) is 1.75. The molecule has 0 aliphatic rings. The van der Waals surface area contributed by atoms with Crippen LogP contribution in [0.4, 0.5) is 0 Å². The predicted molar refractivity (Wildman–Crippen MR) is 92.6 cm³/mol. The molecule has 1 rings (SSSR count). The highest BCUT2D eigenvalue weighted by atomic mass is 79.9. The van der Waals surface area contributed by atoms with Gasteiger partial charge in [0.2, 0.25) is 0 Å². The summed E-state index contributed by atoms with van der Waals surface area (Å²) in [6, 6.07) is 4.13. The van der Waals surface area contributed by atoms with E-state index in [2.05, 4.69) is 38.8 Å². The molecule has 118 valence electrons. The summed E-state index contributed by atoms with van der Waals surface area (Å²) in [5, 5.41) is 0. The van der Waals surface area contributed by atoms with Crippen LogP contribution in [0.1, 0.15) is 25.8 Å². The van der Waals surface area contributed by atoms with E-state index in [4.69, 9.17) is 10.5 Å². The van der Waals surface area contributed by atoms with Gasteiger partial charge < -0.3 is 15.4 Å². The second kappa shape index (κ2) is 8.76. The Labute approximate surface area is 143 Å². The first-order chi connectivity index (χ1) is 9.88. The Hall–Kier alpha value is -0.590. The molecule has 0 saturated carbocycles. The average molecular weight is 422 g/mol. The van der Waals surface area contributed by atoms with E-state index in [9.17, 15) is 4.79 Å². The number of carbonyl (C=O) groups is 1. The first-order valence-electron chi connectivity index (χ1n) is 6.99. The van der Waals surface area contributed by atoms with Crippen molar-refractivity contribution in [2.75, 3.05) is 20.2 Å². The number of benzene rings is 1. The summed E-state index contributed by atoms with van der Waals surface area (Å²) in [6.07, 6.45) is 1.75. The molecule has 1 aromatic rings. The standard InChI is InChI=1S/C15H22Br2N2O2/c1-4-11(18)6-10-7-12(16)15(13(17)8-10)21-9-14(20)19(3)5-2/h7-8,11H,4-6,9,18H2,1-3H3. The van der Waals surface area contributed by atoms with E-state index >= 15 is 0 Å². The highest BCUT2D eigenvalue weighted by Gasteiger charge is 2.13. The molecule has 6 heteroatoms. The molecular weight excluding hydrogens is 400 g/mol. The normalized spacial score (nSPS) is 12.1. The minimum Gasteiger partial charge on any atom is -0.481 e. The predicted octanol–water partition coefficient (Wildman–Crippen LogP) is 3.35. The van der Waals surface area contributed by atoms with Crippen molar-refractivity contribution in [3.63, 3.8) is 0 Å². The van der Waals surface area contributed by atoms with Crippen molar-refractivity contribution in [2.24, 2.45) is 5.73 Å². The van der Waals surface area contributed by atoms with Gasteiger partial charge in [-0.1, -0.05) is 6.92 Å². The molecular formula is C15H22Br2N2O2. The summed E-state index contributed by atoms with van der Waals surface area (Å²) >= 11 is 6.99. The van der Waals surface area contributed by atoms with E-state index in [1.54, 1.807) is 11.9 Å². The quantitative estimate of drug-likeness (QED) is 0.734. The number of ether oxygens (including phenoxy) is 1. The molecule has 4 nitrogen and oxygen atoms in total. The van der Waals surface area contributed by atoms with Crippen LogP contribution in [-0.4, -0.2) is 37.0 Å². The summed E-state index contributed by atoms with van der Waals surface area (Å²) in [5.41, 5.74) is 7.11. The highest BCUT2D eigenvalue weighted by molar-refractivity contribution is 9.11. The van der Waals surface area contributed by atoms with Crippen molar-refractivity contribution in [1.82, 2.24) is 4.90 Å². The van der Waals surface area contributed by atoms with Gasteiger partial charge in [0.05, 0.1) is 8.95 Å². The van der Waals surface area contributed by atoms with Gasteiger partial charge in [0.25, 0.3) is 5.91 Å². The number of nitrogens with zero attached hydrogens (tertiary/aromatic N) is 1. The zero-order chi connectivity index (χ0) is 16.0. The minimum atomic E-state index is -0.0478. The van der Waals surface area contributed by atoms with Gasteiger partial charge >= 0.3 is 0 Å². The van der Waals surface area contributed by atoms with Crippen LogP contribution in [0.15, 0.2) is 21.1 Å². The van der Waals surface area contributed by atoms with E-state index < -0.39 is 0 Å². The van der Waals surface area contributed by atoms with Crippen molar-refractivity contribution in [2.45, 2.75) is 32.7 Å². The number of amides is 1. The molecule has 0 aliphatic carbocycles. The second-order valence-electron chi connectivity index (χ2n) is 4.96. The molecule has 1 aromatic carbocycles. The molecule has 1 atom stereocenters. The molecule has 0 heterocycles. The van der Waals surface area contributed by atoms with Crippen molar-refractivity contribution >= 4 is 37.8 Å². The number of likely N-dealkylation sites (N-methyl/N-ethyl adjacent to an activating group) is 1. The third kappa shape index (κ3) is 5.60. The maximum absolute atomic E-state index is 11.8. The SMILES string of the molecule is CCC(N)Cc1cc(Br)c(OCC(=O)N(C)CC)c(Br)c1. The smallest absolute Gasteiger partial charge is 0.260 e. The Morgan fingerprint density at radius 3 is 2.38 bits per heavy atom. The van der Waals surface area contributed by atoms with Gasteiger partial charge in [0, 0.05) is 19.6 Å². The summed E-state index contributed by atoms with van der Waals surface area (Å²) < 4.78 is 7.27. The Bertz CT molecular complexity index is 472. The van der Waals surface area contributed by atoms with Crippen LogP contribution in [0.25, 0.3) is 0 Å². The number of carbonyl (C=O) groups excluding carboxylic acids is 1. The van der Waals surface area contributed by atoms with Gasteiger partial charge in [-0.3, -0.25) is 4.79 Å². The van der Waals surface area contributed by atoms with Crippen LogP contribution < -0.4 is 10.5 Å². The Morgan fingerprint density at radius 1 is 1.33 bits per heavy atom. The first-order valence-corrected chi connectivity index (χ1v) is 8.57. The van der Waals surface area contributed by atoms with Crippen LogP contribution in [-0.2, 0) is 11.2 Å². The molecule has 0 aliphatic heterocycles.